The van der Waals surface area contributed by atoms with Crippen molar-refractivity contribution in [3.05, 3.63) is 53.1 Å². The van der Waals surface area contributed by atoms with Gasteiger partial charge < -0.3 is 24.8 Å². The lowest BCUT2D eigenvalue weighted by molar-refractivity contribution is -0.124. The molecule has 0 spiro atoms. The third-order valence-corrected chi connectivity index (χ3v) is 4.82. The molecule has 2 rings (SSSR count). The first-order valence-electron chi connectivity index (χ1n) is 9.75. The lowest BCUT2D eigenvalue weighted by Crippen LogP contribution is -2.49. The zero-order valence-electron chi connectivity index (χ0n) is 18.4. The van der Waals surface area contributed by atoms with Crippen molar-refractivity contribution < 1.29 is 23.8 Å². The summed E-state index contributed by atoms with van der Waals surface area (Å²) < 4.78 is 16.0. The Morgan fingerprint density at radius 3 is 2.07 bits per heavy atom. The van der Waals surface area contributed by atoms with E-state index in [0.717, 1.165) is 11.1 Å². The lowest BCUT2D eigenvalue weighted by Gasteiger charge is -2.22. The molecule has 2 aromatic rings. The van der Waals surface area contributed by atoms with Gasteiger partial charge in [-0.25, -0.2) is 0 Å². The van der Waals surface area contributed by atoms with E-state index in [1.807, 2.05) is 32.9 Å². The Balaban J connectivity index is 2.12. The SMILES string of the molecule is COc1cc(CNC(=O)[C@@H](NC(=O)c2ccccc2C)C(C)C)cc(OC)c1OC. The van der Waals surface area contributed by atoms with Crippen molar-refractivity contribution in [1.29, 1.82) is 0 Å². The Labute approximate surface area is 177 Å². The topological polar surface area (TPSA) is 85.9 Å². The van der Waals surface area contributed by atoms with Crippen molar-refractivity contribution in [2.24, 2.45) is 5.92 Å². The van der Waals surface area contributed by atoms with Crippen LogP contribution in [0.5, 0.6) is 17.2 Å². The van der Waals surface area contributed by atoms with E-state index in [0.29, 0.717) is 22.8 Å². The third-order valence-electron chi connectivity index (χ3n) is 4.82. The van der Waals surface area contributed by atoms with Gasteiger partial charge in [-0.1, -0.05) is 32.0 Å². The molecule has 1 atom stereocenters. The second kappa shape index (κ2) is 10.5. The van der Waals surface area contributed by atoms with E-state index in [1.54, 1.807) is 24.3 Å². The molecule has 2 amide bonds. The molecule has 30 heavy (non-hydrogen) atoms. The second-order valence-electron chi connectivity index (χ2n) is 7.26. The van der Waals surface area contributed by atoms with Crippen LogP contribution >= 0.6 is 0 Å². The van der Waals surface area contributed by atoms with Crippen molar-refractivity contribution in [2.45, 2.75) is 33.4 Å². The highest BCUT2D eigenvalue weighted by Gasteiger charge is 2.25. The normalized spacial score (nSPS) is 11.6. The average molecular weight is 415 g/mol. The minimum atomic E-state index is -0.667. The quantitative estimate of drug-likeness (QED) is 0.659. The van der Waals surface area contributed by atoms with Crippen molar-refractivity contribution >= 4 is 11.8 Å². The first-order chi connectivity index (χ1) is 14.3. The number of carbonyl (C=O) groups is 2. The van der Waals surface area contributed by atoms with Crippen LogP contribution in [-0.2, 0) is 11.3 Å². The van der Waals surface area contributed by atoms with Crippen LogP contribution in [0.1, 0.15) is 35.3 Å². The van der Waals surface area contributed by atoms with Crippen LogP contribution in [0.15, 0.2) is 36.4 Å². The fourth-order valence-corrected chi connectivity index (χ4v) is 3.12. The van der Waals surface area contributed by atoms with Gasteiger partial charge in [0.1, 0.15) is 6.04 Å². The predicted molar refractivity (Wildman–Crippen MR) is 115 cm³/mol. The molecule has 0 aliphatic heterocycles. The van der Waals surface area contributed by atoms with Gasteiger partial charge in [-0.05, 0) is 42.2 Å². The Hall–Kier alpha value is -3.22. The maximum absolute atomic E-state index is 12.8. The number of hydrogen-bond acceptors (Lipinski definition) is 5. The molecule has 0 radical (unpaired) electrons. The fraction of sp³-hybridized carbons (Fsp3) is 0.391. The summed E-state index contributed by atoms with van der Waals surface area (Å²) in [5.74, 6) is 0.887. The summed E-state index contributed by atoms with van der Waals surface area (Å²) in [6.07, 6.45) is 0. The minimum absolute atomic E-state index is 0.0853. The Morgan fingerprint density at radius 1 is 0.967 bits per heavy atom. The van der Waals surface area contributed by atoms with Crippen LogP contribution in [0.2, 0.25) is 0 Å². The van der Waals surface area contributed by atoms with Gasteiger partial charge in [-0.15, -0.1) is 0 Å². The Kier molecular flexibility index (Phi) is 8.09. The van der Waals surface area contributed by atoms with Gasteiger partial charge in [0.15, 0.2) is 11.5 Å². The van der Waals surface area contributed by atoms with Crippen molar-refractivity contribution in [3.8, 4) is 17.2 Å². The highest BCUT2D eigenvalue weighted by molar-refractivity contribution is 5.98. The first-order valence-corrected chi connectivity index (χ1v) is 9.75. The van der Waals surface area contributed by atoms with Crippen LogP contribution in [0, 0.1) is 12.8 Å². The maximum atomic E-state index is 12.8. The molecular formula is C23H30N2O5. The van der Waals surface area contributed by atoms with Gasteiger partial charge in [-0.2, -0.15) is 0 Å². The molecule has 0 aromatic heterocycles. The zero-order valence-corrected chi connectivity index (χ0v) is 18.4. The van der Waals surface area contributed by atoms with Gasteiger partial charge in [0.2, 0.25) is 11.7 Å². The molecule has 0 aliphatic carbocycles. The predicted octanol–water partition coefficient (Wildman–Crippen LogP) is 3.09. The Morgan fingerprint density at radius 2 is 1.57 bits per heavy atom. The highest BCUT2D eigenvalue weighted by atomic mass is 16.5. The molecule has 7 nitrogen and oxygen atoms in total. The van der Waals surface area contributed by atoms with Crippen molar-refractivity contribution in [3.63, 3.8) is 0 Å². The Bertz CT molecular complexity index is 870. The summed E-state index contributed by atoms with van der Waals surface area (Å²) >= 11 is 0. The third kappa shape index (κ3) is 5.43. The number of amides is 2. The van der Waals surface area contributed by atoms with E-state index in [1.165, 1.54) is 21.3 Å². The van der Waals surface area contributed by atoms with Crippen LogP contribution in [0.25, 0.3) is 0 Å². The van der Waals surface area contributed by atoms with Crippen molar-refractivity contribution in [2.75, 3.05) is 21.3 Å². The zero-order chi connectivity index (χ0) is 22.3. The molecular weight excluding hydrogens is 384 g/mol. The largest absolute Gasteiger partial charge is 0.493 e. The van der Waals surface area contributed by atoms with E-state index >= 15 is 0 Å². The summed E-state index contributed by atoms with van der Waals surface area (Å²) in [6, 6.07) is 10.2. The molecule has 0 fully saturated rings. The van der Waals surface area contributed by atoms with E-state index in [9.17, 15) is 9.59 Å². The molecule has 0 saturated carbocycles. The van der Waals surface area contributed by atoms with Gasteiger partial charge in [0, 0.05) is 12.1 Å². The molecule has 0 heterocycles. The molecule has 7 heteroatoms. The molecule has 2 N–H and O–H groups in total. The monoisotopic (exact) mass is 414 g/mol. The second-order valence-corrected chi connectivity index (χ2v) is 7.26. The number of carbonyl (C=O) groups excluding carboxylic acids is 2. The number of nitrogens with one attached hydrogen (secondary N) is 2. The number of ether oxygens (including phenoxy) is 3. The van der Waals surface area contributed by atoms with Gasteiger partial charge in [-0.3, -0.25) is 9.59 Å². The van der Waals surface area contributed by atoms with Gasteiger partial charge >= 0.3 is 0 Å². The number of benzene rings is 2. The highest BCUT2D eigenvalue weighted by Crippen LogP contribution is 2.38. The van der Waals surface area contributed by atoms with E-state index in [4.69, 9.17) is 14.2 Å². The van der Waals surface area contributed by atoms with E-state index < -0.39 is 6.04 Å². The number of methoxy groups -OCH3 is 3. The first kappa shape index (κ1) is 23.1. The van der Waals surface area contributed by atoms with Gasteiger partial charge in [0.05, 0.1) is 21.3 Å². The summed E-state index contributed by atoms with van der Waals surface area (Å²) in [7, 11) is 4.61. The molecule has 2 aromatic carbocycles. The molecule has 0 saturated heterocycles. The smallest absolute Gasteiger partial charge is 0.252 e. The summed E-state index contributed by atoms with van der Waals surface area (Å²) in [5, 5.41) is 5.74. The van der Waals surface area contributed by atoms with E-state index in [-0.39, 0.29) is 24.3 Å². The van der Waals surface area contributed by atoms with Gasteiger partial charge in [0.25, 0.3) is 5.91 Å². The summed E-state index contributed by atoms with van der Waals surface area (Å²) in [6.45, 7) is 5.90. The maximum Gasteiger partial charge on any atom is 0.252 e. The molecule has 0 aliphatic rings. The van der Waals surface area contributed by atoms with Crippen LogP contribution in [0.3, 0.4) is 0 Å². The number of aryl methyl sites for hydroxylation is 1. The number of hydrogen-bond donors (Lipinski definition) is 2. The molecule has 0 unspecified atom stereocenters. The fourth-order valence-electron chi connectivity index (χ4n) is 3.12. The van der Waals surface area contributed by atoms with Crippen LogP contribution in [0.4, 0.5) is 0 Å². The van der Waals surface area contributed by atoms with Crippen LogP contribution < -0.4 is 24.8 Å². The van der Waals surface area contributed by atoms with Crippen molar-refractivity contribution in [1.82, 2.24) is 10.6 Å². The minimum Gasteiger partial charge on any atom is -0.493 e. The number of rotatable bonds is 9. The standard InChI is InChI=1S/C23H30N2O5/c1-14(2)20(25-22(26)17-10-8-7-9-15(17)3)23(27)24-13-16-11-18(28-4)21(30-6)19(12-16)29-5/h7-12,14,20H,13H2,1-6H3,(H,24,27)(H,25,26)/t20-/m0/s1. The summed E-state index contributed by atoms with van der Waals surface area (Å²) in [5.41, 5.74) is 2.20. The molecule has 162 valence electrons. The summed E-state index contributed by atoms with van der Waals surface area (Å²) in [4.78, 5) is 25.5. The average Bonchev–Trinajstić information content (AvgIpc) is 2.74. The van der Waals surface area contributed by atoms with E-state index in [2.05, 4.69) is 10.6 Å². The van der Waals surface area contributed by atoms with Crippen LogP contribution in [-0.4, -0.2) is 39.2 Å². The lowest BCUT2D eigenvalue weighted by atomic mass is 10.0. The molecule has 0 bridgehead atoms.